The lowest BCUT2D eigenvalue weighted by Crippen LogP contribution is -1.93. The molecule has 0 spiro atoms. The van der Waals surface area contributed by atoms with Gasteiger partial charge in [-0.3, -0.25) is 0 Å². The van der Waals surface area contributed by atoms with Gasteiger partial charge in [-0.15, -0.1) is 0 Å². The summed E-state index contributed by atoms with van der Waals surface area (Å²) in [6.07, 6.45) is 0. The van der Waals surface area contributed by atoms with E-state index < -0.39 is 0 Å². The highest BCUT2D eigenvalue weighted by Gasteiger charge is 2.14. The van der Waals surface area contributed by atoms with Gasteiger partial charge in [0.15, 0.2) is 0 Å². The second-order valence-electron chi connectivity index (χ2n) is 9.95. The van der Waals surface area contributed by atoms with E-state index in [2.05, 4.69) is 120 Å². The van der Waals surface area contributed by atoms with Gasteiger partial charge >= 0.3 is 0 Å². The predicted molar refractivity (Wildman–Crippen MR) is 164 cm³/mol. The van der Waals surface area contributed by atoms with Crippen molar-refractivity contribution in [3.63, 3.8) is 0 Å². The molecule has 8 aromatic rings. The third-order valence-corrected chi connectivity index (χ3v) is 7.88. The summed E-state index contributed by atoms with van der Waals surface area (Å²) >= 11 is 6.27. The minimum absolute atomic E-state index is 0.732. The lowest BCUT2D eigenvalue weighted by molar-refractivity contribution is 0.669. The molecule has 0 aliphatic heterocycles. The number of rotatable bonds is 3. The van der Waals surface area contributed by atoms with Gasteiger partial charge in [-0.25, -0.2) is 0 Å². The summed E-state index contributed by atoms with van der Waals surface area (Å²) in [6.45, 7) is 0. The van der Waals surface area contributed by atoms with Crippen LogP contribution in [0.3, 0.4) is 0 Å². The molecule has 2 heterocycles. The molecular formula is C36H22ClNO. The molecule has 184 valence electrons. The first-order valence-corrected chi connectivity index (χ1v) is 13.4. The minimum atomic E-state index is 0.732. The highest BCUT2D eigenvalue weighted by Crippen LogP contribution is 2.38. The van der Waals surface area contributed by atoms with Crippen LogP contribution in [0.1, 0.15) is 0 Å². The van der Waals surface area contributed by atoms with E-state index in [1.54, 1.807) is 0 Å². The van der Waals surface area contributed by atoms with Crippen molar-refractivity contribution in [2.24, 2.45) is 0 Å². The lowest BCUT2D eigenvalue weighted by Gasteiger charge is -2.09. The Morgan fingerprint density at radius 2 is 1.05 bits per heavy atom. The van der Waals surface area contributed by atoms with Gasteiger partial charge in [0.1, 0.15) is 11.2 Å². The molecule has 0 amide bonds. The molecule has 6 aromatic carbocycles. The standard InChI is InChI=1S/C36H22ClNO/c37-27-8-6-7-23(19-27)24-14-17-35-31(20-24)32-21-25(15-18-36(32)39-35)26-13-16-30-29-11-4-5-12-33(29)38(34(30)22-26)28-9-2-1-3-10-28/h1-22H. The van der Waals surface area contributed by atoms with Gasteiger partial charge in [-0.1, -0.05) is 84.4 Å². The molecule has 0 atom stereocenters. The summed E-state index contributed by atoms with van der Waals surface area (Å²) < 4.78 is 8.57. The quantitative estimate of drug-likeness (QED) is 0.227. The fourth-order valence-corrected chi connectivity index (χ4v) is 6.00. The summed E-state index contributed by atoms with van der Waals surface area (Å²) in [5.74, 6) is 0. The van der Waals surface area contributed by atoms with Gasteiger partial charge in [0, 0.05) is 32.3 Å². The van der Waals surface area contributed by atoms with Gasteiger partial charge in [-0.2, -0.15) is 0 Å². The maximum absolute atomic E-state index is 6.27. The Hall–Kier alpha value is -4.79. The summed E-state index contributed by atoms with van der Waals surface area (Å²) in [7, 11) is 0. The Morgan fingerprint density at radius 1 is 0.436 bits per heavy atom. The van der Waals surface area contributed by atoms with Crippen LogP contribution < -0.4 is 0 Å². The van der Waals surface area contributed by atoms with E-state index in [4.69, 9.17) is 16.0 Å². The van der Waals surface area contributed by atoms with Crippen LogP contribution in [-0.2, 0) is 0 Å². The SMILES string of the molecule is Clc1cccc(-c2ccc3oc4ccc(-c5ccc6c7ccccc7n(-c7ccccc7)c6c5)cc4c3c2)c1. The third-order valence-electron chi connectivity index (χ3n) is 7.65. The van der Waals surface area contributed by atoms with Crippen molar-refractivity contribution in [1.82, 2.24) is 4.57 Å². The number of benzene rings is 6. The first kappa shape index (κ1) is 22.2. The van der Waals surface area contributed by atoms with Crippen molar-refractivity contribution in [2.75, 3.05) is 0 Å². The number of fused-ring (bicyclic) bond motifs is 6. The van der Waals surface area contributed by atoms with Crippen molar-refractivity contribution >= 4 is 55.3 Å². The van der Waals surface area contributed by atoms with Crippen molar-refractivity contribution in [1.29, 1.82) is 0 Å². The molecule has 8 rings (SSSR count). The zero-order chi connectivity index (χ0) is 25.9. The number of nitrogens with zero attached hydrogens (tertiary/aromatic N) is 1. The molecule has 0 aliphatic carbocycles. The van der Waals surface area contributed by atoms with Crippen molar-refractivity contribution in [3.8, 4) is 27.9 Å². The normalized spacial score (nSPS) is 11.7. The Morgan fingerprint density at radius 3 is 1.79 bits per heavy atom. The number of furan rings is 1. The first-order valence-electron chi connectivity index (χ1n) is 13.0. The van der Waals surface area contributed by atoms with Crippen LogP contribution in [0.5, 0.6) is 0 Å². The maximum Gasteiger partial charge on any atom is 0.135 e. The smallest absolute Gasteiger partial charge is 0.135 e. The lowest BCUT2D eigenvalue weighted by atomic mass is 9.99. The van der Waals surface area contributed by atoms with Crippen molar-refractivity contribution < 1.29 is 4.42 Å². The van der Waals surface area contributed by atoms with E-state index in [9.17, 15) is 0 Å². The number of hydrogen-bond acceptors (Lipinski definition) is 1. The molecule has 0 bridgehead atoms. The van der Waals surface area contributed by atoms with Crippen molar-refractivity contribution in [3.05, 3.63) is 138 Å². The monoisotopic (exact) mass is 519 g/mol. The van der Waals surface area contributed by atoms with Crippen LogP contribution in [0.2, 0.25) is 5.02 Å². The third kappa shape index (κ3) is 3.57. The summed E-state index contributed by atoms with van der Waals surface area (Å²) in [6, 6.07) is 46.8. The van der Waals surface area contributed by atoms with Crippen LogP contribution in [0.25, 0.3) is 71.7 Å². The second kappa shape index (κ2) is 8.62. The van der Waals surface area contributed by atoms with Gasteiger partial charge in [0.25, 0.3) is 0 Å². The van der Waals surface area contributed by atoms with Crippen LogP contribution in [0, 0.1) is 0 Å². The zero-order valence-electron chi connectivity index (χ0n) is 20.9. The number of aromatic nitrogens is 1. The molecule has 2 nitrogen and oxygen atoms in total. The topological polar surface area (TPSA) is 18.1 Å². The first-order chi connectivity index (χ1) is 19.2. The van der Waals surface area contributed by atoms with Crippen LogP contribution >= 0.6 is 11.6 Å². The average Bonchev–Trinajstić information content (AvgIpc) is 3.52. The van der Waals surface area contributed by atoms with Gasteiger partial charge in [-0.05, 0) is 82.9 Å². The van der Waals surface area contributed by atoms with Crippen LogP contribution in [-0.4, -0.2) is 4.57 Å². The fourth-order valence-electron chi connectivity index (χ4n) is 5.81. The summed E-state index contributed by atoms with van der Waals surface area (Å²) in [5.41, 5.74) is 9.87. The molecule has 0 unspecified atom stereocenters. The molecule has 0 N–H and O–H groups in total. The van der Waals surface area contributed by atoms with E-state index in [0.29, 0.717) is 0 Å². The molecule has 0 saturated heterocycles. The largest absolute Gasteiger partial charge is 0.456 e. The number of hydrogen-bond donors (Lipinski definition) is 0. The predicted octanol–water partition coefficient (Wildman–Crippen LogP) is 10.7. The Bertz CT molecular complexity index is 2190. The molecule has 0 fully saturated rings. The Balaban J connectivity index is 1.33. The van der Waals surface area contributed by atoms with Crippen LogP contribution in [0.15, 0.2) is 138 Å². The van der Waals surface area contributed by atoms with E-state index in [1.807, 2.05) is 18.2 Å². The van der Waals surface area contributed by atoms with E-state index in [-0.39, 0.29) is 0 Å². The maximum atomic E-state index is 6.27. The number of para-hydroxylation sites is 2. The second-order valence-corrected chi connectivity index (χ2v) is 10.4. The molecule has 3 heteroatoms. The highest BCUT2D eigenvalue weighted by atomic mass is 35.5. The molecule has 0 saturated carbocycles. The van der Waals surface area contributed by atoms with Crippen molar-refractivity contribution in [2.45, 2.75) is 0 Å². The van der Waals surface area contributed by atoms with E-state index in [1.165, 1.54) is 27.4 Å². The van der Waals surface area contributed by atoms with Crippen LogP contribution in [0.4, 0.5) is 0 Å². The average molecular weight is 520 g/mol. The minimum Gasteiger partial charge on any atom is -0.456 e. The summed E-state index contributed by atoms with van der Waals surface area (Å²) in [5, 5.41) is 5.45. The van der Waals surface area contributed by atoms with Gasteiger partial charge in [0.2, 0.25) is 0 Å². The Kier molecular flexibility index (Phi) is 4.91. The van der Waals surface area contributed by atoms with Gasteiger partial charge < -0.3 is 8.98 Å². The molecular weight excluding hydrogens is 498 g/mol. The number of halogens is 1. The van der Waals surface area contributed by atoms with E-state index in [0.717, 1.165) is 49.3 Å². The Labute approximate surface area is 230 Å². The molecule has 0 aliphatic rings. The highest BCUT2D eigenvalue weighted by molar-refractivity contribution is 6.30. The molecule has 0 radical (unpaired) electrons. The fraction of sp³-hybridized carbons (Fsp3) is 0. The molecule has 2 aromatic heterocycles. The van der Waals surface area contributed by atoms with Gasteiger partial charge in [0.05, 0.1) is 11.0 Å². The zero-order valence-corrected chi connectivity index (χ0v) is 21.7. The summed E-state index contributed by atoms with van der Waals surface area (Å²) in [4.78, 5) is 0. The van der Waals surface area contributed by atoms with E-state index >= 15 is 0 Å². The molecule has 39 heavy (non-hydrogen) atoms.